The highest BCUT2D eigenvalue weighted by atomic mass is 32.2. The number of aliphatic hydroxyl groups excluding tert-OH is 1. The predicted molar refractivity (Wildman–Crippen MR) is 137 cm³/mol. The molecule has 0 bridgehead atoms. The lowest BCUT2D eigenvalue weighted by atomic mass is 9.98. The predicted octanol–water partition coefficient (Wildman–Crippen LogP) is 4.33. The summed E-state index contributed by atoms with van der Waals surface area (Å²) in [5.74, 6) is 0. The standard InChI is InChI=1S/C28H29F3O8S/c29-28(30,31)40(33,34)39-27-26(37-19-22-14-8-3-9-15-22)25(36-18-21-12-6-2-7-13-21)24(23(16-32)38-27)35-17-20-10-4-1-5-11-20/h1-15,23-27,32H,16-19H2/t23-,24-,25+,26-,27+/m1/s1. The van der Waals surface area contributed by atoms with Crippen molar-refractivity contribution in [2.24, 2.45) is 0 Å². The summed E-state index contributed by atoms with van der Waals surface area (Å²) in [6, 6.07) is 26.7. The largest absolute Gasteiger partial charge is 0.523 e. The van der Waals surface area contributed by atoms with Crippen LogP contribution in [0.2, 0.25) is 0 Å². The van der Waals surface area contributed by atoms with Crippen LogP contribution in [0.1, 0.15) is 16.7 Å². The highest BCUT2D eigenvalue weighted by molar-refractivity contribution is 7.87. The third-order valence-electron chi connectivity index (χ3n) is 6.13. The molecule has 1 saturated heterocycles. The molecule has 0 radical (unpaired) electrons. The van der Waals surface area contributed by atoms with Gasteiger partial charge in [0.2, 0.25) is 6.29 Å². The smallest absolute Gasteiger partial charge is 0.394 e. The van der Waals surface area contributed by atoms with Crippen LogP contribution in [-0.4, -0.2) is 56.3 Å². The Labute approximate surface area is 230 Å². The minimum absolute atomic E-state index is 0.0151. The lowest BCUT2D eigenvalue weighted by Crippen LogP contribution is -2.62. The van der Waals surface area contributed by atoms with Crippen molar-refractivity contribution in [1.29, 1.82) is 0 Å². The molecular weight excluding hydrogens is 553 g/mol. The van der Waals surface area contributed by atoms with Gasteiger partial charge in [-0.15, -0.1) is 0 Å². The number of rotatable bonds is 12. The molecule has 1 fully saturated rings. The molecule has 216 valence electrons. The number of aliphatic hydroxyl groups is 1. The molecule has 0 spiro atoms. The van der Waals surface area contributed by atoms with Crippen LogP contribution in [0.15, 0.2) is 91.0 Å². The molecule has 0 unspecified atom stereocenters. The van der Waals surface area contributed by atoms with E-state index in [1.807, 2.05) is 24.3 Å². The molecule has 0 amide bonds. The van der Waals surface area contributed by atoms with Gasteiger partial charge in [-0.1, -0.05) is 91.0 Å². The van der Waals surface area contributed by atoms with Crippen LogP contribution in [0.25, 0.3) is 0 Å². The second-order valence-corrected chi connectivity index (χ2v) is 10.6. The van der Waals surface area contributed by atoms with E-state index in [0.717, 1.165) is 11.1 Å². The van der Waals surface area contributed by atoms with Crippen LogP contribution in [0.3, 0.4) is 0 Å². The van der Waals surface area contributed by atoms with Gasteiger partial charge in [0.25, 0.3) is 0 Å². The third kappa shape index (κ3) is 7.88. The number of halogens is 3. The van der Waals surface area contributed by atoms with E-state index in [4.69, 9.17) is 18.9 Å². The first-order valence-corrected chi connectivity index (χ1v) is 13.8. The summed E-state index contributed by atoms with van der Waals surface area (Å²) in [4.78, 5) is 0. The molecule has 0 aromatic heterocycles. The third-order valence-corrected chi connectivity index (χ3v) is 7.14. The fourth-order valence-electron chi connectivity index (χ4n) is 4.15. The van der Waals surface area contributed by atoms with Gasteiger partial charge >= 0.3 is 15.6 Å². The Hall–Kier alpha value is -2.84. The fourth-order valence-corrected chi connectivity index (χ4v) is 4.66. The van der Waals surface area contributed by atoms with Crippen molar-refractivity contribution in [2.75, 3.05) is 6.61 Å². The Kier molecular flexibility index (Phi) is 10.3. The molecule has 0 aliphatic carbocycles. The second-order valence-electron chi connectivity index (χ2n) is 9.01. The summed E-state index contributed by atoms with van der Waals surface area (Å²) < 4.78 is 92.1. The highest BCUT2D eigenvalue weighted by Crippen LogP contribution is 2.34. The van der Waals surface area contributed by atoms with Crippen LogP contribution >= 0.6 is 0 Å². The SMILES string of the molecule is O=S(=O)(O[C@@H]1O[C@H](CO)[C@@H](OCc2ccccc2)[C@H](OCc2ccccc2)[C@H]1OCc1ccccc1)C(F)(F)F. The van der Waals surface area contributed by atoms with E-state index in [-0.39, 0.29) is 19.8 Å². The summed E-state index contributed by atoms with van der Waals surface area (Å²) in [6.07, 6.45) is -7.15. The second kappa shape index (κ2) is 13.7. The monoisotopic (exact) mass is 582 g/mol. The zero-order valence-corrected chi connectivity index (χ0v) is 22.0. The quantitative estimate of drug-likeness (QED) is 0.249. The molecule has 12 heteroatoms. The summed E-state index contributed by atoms with van der Waals surface area (Å²) >= 11 is 0. The van der Waals surface area contributed by atoms with E-state index in [0.29, 0.717) is 5.56 Å². The topological polar surface area (TPSA) is 101 Å². The van der Waals surface area contributed by atoms with Gasteiger partial charge in [0.05, 0.1) is 26.4 Å². The number of hydrogen-bond donors (Lipinski definition) is 1. The van der Waals surface area contributed by atoms with Crippen molar-refractivity contribution in [3.8, 4) is 0 Å². The lowest BCUT2D eigenvalue weighted by molar-refractivity contribution is -0.308. The molecular formula is C28H29F3O8S. The Morgan fingerprint density at radius 3 is 1.48 bits per heavy atom. The molecule has 1 aliphatic heterocycles. The van der Waals surface area contributed by atoms with Crippen LogP contribution < -0.4 is 0 Å². The van der Waals surface area contributed by atoms with Gasteiger partial charge in [0, 0.05) is 0 Å². The molecule has 3 aromatic rings. The zero-order chi connectivity index (χ0) is 28.6. The number of hydrogen-bond acceptors (Lipinski definition) is 8. The van der Waals surface area contributed by atoms with Crippen LogP contribution in [0.5, 0.6) is 0 Å². The number of ether oxygens (including phenoxy) is 4. The van der Waals surface area contributed by atoms with E-state index in [2.05, 4.69) is 4.18 Å². The van der Waals surface area contributed by atoms with Gasteiger partial charge < -0.3 is 24.1 Å². The Morgan fingerprint density at radius 1 is 0.675 bits per heavy atom. The minimum atomic E-state index is -6.09. The summed E-state index contributed by atoms with van der Waals surface area (Å²) in [5, 5.41) is 10.1. The molecule has 5 atom stereocenters. The zero-order valence-electron chi connectivity index (χ0n) is 21.2. The average Bonchev–Trinajstić information content (AvgIpc) is 2.95. The molecule has 40 heavy (non-hydrogen) atoms. The van der Waals surface area contributed by atoms with E-state index in [9.17, 15) is 26.7 Å². The average molecular weight is 583 g/mol. The Bertz CT molecular complexity index is 1280. The normalized spacial score (nSPS) is 23.6. The first-order chi connectivity index (χ1) is 19.2. The molecule has 8 nitrogen and oxygen atoms in total. The maximum absolute atomic E-state index is 13.3. The van der Waals surface area contributed by atoms with Gasteiger partial charge in [-0.25, -0.2) is 4.18 Å². The lowest BCUT2D eigenvalue weighted by Gasteiger charge is -2.45. The molecule has 1 aliphatic rings. The van der Waals surface area contributed by atoms with Crippen LogP contribution in [-0.2, 0) is 53.1 Å². The van der Waals surface area contributed by atoms with Crippen molar-refractivity contribution >= 4 is 10.1 Å². The molecule has 1 N–H and O–H groups in total. The minimum Gasteiger partial charge on any atom is -0.394 e. The van der Waals surface area contributed by atoms with Gasteiger partial charge in [-0.3, -0.25) is 0 Å². The van der Waals surface area contributed by atoms with Crippen molar-refractivity contribution in [1.82, 2.24) is 0 Å². The van der Waals surface area contributed by atoms with Gasteiger partial charge in [-0.05, 0) is 16.7 Å². The molecule has 4 rings (SSSR count). The van der Waals surface area contributed by atoms with Crippen molar-refractivity contribution < 1.29 is 49.8 Å². The van der Waals surface area contributed by atoms with E-state index >= 15 is 0 Å². The Balaban J connectivity index is 1.67. The summed E-state index contributed by atoms with van der Waals surface area (Å²) in [5.41, 5.74) is -3.54. The van der Waals surface area contributed by atoms with Gasteiger partial charge in [0.1, 0.15) is 24.4 Å². The molecule has 0 saturated carbocycles. The first kappa shape index (κ1) is 30.1. The van der Waals surface area contributed by atoms with Crippen molar-refractivity contribution in [2.45, 2.75) is 56.0 Å². The maximum Gasteiger partial charge on any atom is 0.523 e. The summed E-state index contributed by atoms with van der Waals surface area (Å²) in [6.45, 7) is -0.809. The molecule has 1 heterocycles. The van der Waals surface area contributed by atoms with E-state index in [1.54, 1.807) is 66.7 Å². The fraction of sp³-hybridized carbons (Fsp3) is 0.357. The van der Waals surface area contributed by atoms with Crippen LogP contribution in [0, 0.1) is 0 Å². The van der Waals surface area contributed by atoms with E-state index < -0.39 is 52.9 Å². The van der Waals surface area contributed by atoms with E-state index in [1.165, 1.54) is 0 Å². The molecule has 3 aromatic carbocycles. The first-order valence-electron chi connectivity index (χ1n) is 12.4. The number of benzene rings is 3. The van der Waals surface area contributed by atoms with Crippen molar-refractivity contribution in [3.05, 3.63) is 108 Å². The van der Waals surface area contributed by atoms with Gasteiger partial charge in [-0.2, -0.15) is 21.6 Å². The van der Waals surface area contributed by atoms with Crippen LogP contribution in [0.4, 0.5) is 13.2 Å². The highest BCUT2D eigenvalue weighted by Gasteiger charge is 2.55. The summed E-state index contributed by atoms with van der Waals surface area (Å²) in [7, 11) is -6.09. The maximum atomic E-state index is 13.3. The Morgan fingerprint density at radius 2 is 1.07 bits per heavy atom. The van der Waals surface area contributed by atoms with Gasteiger partial charge in [0.15, 0.2) is 0 Å². The number of alkyl halides is 3. The van der Waals surface area contributed by atoms with Crippen molar-refractivity contribution in [3.63, 3.8) is 0 Å².